The van der Waals surface area contributed by atoms with Gasteiger partial charge in [-0.05, 0) is 66.7 Å². The molecule has 0 saturated carbocycles. The zero-order valence-electron chi connectivity index (χ0n) is 13.6. The number of hydrogen-bond donors (Lipinski definition) is 2. The monoisotopic (exact) mass is 347 g/mol. The highest BCUT2D eigenvalue weighted by Crippen LogP contribution is 2.19. The van der Waals surface area contributed by atoms with Gasteiger partial charge in [-0.25, -0.2) is 4.39 Å². The van der Waals surface area contributed by atoms with E-state index < -0.39 is 11.7 Å². The molecule has 26 heavy (non-hydrogen) atoms. The van der Waals surface area contributed by atoms with Crippen LogP contribution in [0.15, 0.2) is 72.4 Å². The van der Waals surface area contributed by atoms with E-state index in [0.717, 1.165) is 5.69 Å². The van der Waals surface area contributed by atoms with E-state index in [4.69, 9.17) is 0 Å². The van der Waals surface area contributed by atoms with Crippen molar-refractivity contribution in [1.82, 2.24) is 4.57 Å². The van der Waals surface area contributed by atoms with E-state index in [9.17, 15) is 19.6 Å². The molecule has 1 heterocycles. The van der Waals surface area contributed by atoms with Crippen molar-refractivity contribution in [2.24, 2.45) is 0 Å². The van der Waals surface area contributed by atoms with Gasteiger partial charge in [0.15, 0.2) is 0 Å². The molecule has 0 saturated heterocycles. The molecule has 1 aromatic heterocycles. The fourth-order valence-corrected chi connectivity index (χ4v) is 2.39. The number of amides is 1. The van der Waals surface area contributed by atoms with Gasteiger partial charge in [-0.2, -0.15) is 5.26 Å². The predicted octanol–water partition coefficient (Wildman–Crippen LogP) is 3.87. The van der Waals surface area contributed by atoms with Crippen molar-refractivity contribution >= 4 is 17.7 Å². The molecule has 0 aliphatic carbocycles. The quantitative estimate of drug-likeness (QED) is 0.555. The van der Waals surface area contributed by atoms with Crippen LogP contribution < -0.4 is 5.32 Å². The second kappa shape index (κ2) is 7.36. The number of anilines is 1. The Morgan fingerprint density at radius 1 is 1.12 bits per heavy atom. The van der Waals surface area contributed by atoms with E-state index in [-0.39, 0.29) is 11.3 Å². The topological polar surface area (TPSA) is 78.1 Å². The van der Waals surface area contributed by atoms with Crippen molar-refractivity contribution in [3.05, 3.63) is 83.9 Å². The van der Waals surface area contributed by atoms with Crippen LogP contribution in [0, 0.1) is 17.1 Å². The number of rotatable bonds is 4. The molecule has 0 atom stereocenters. The van der Waals surface area contributed by atoms with E-state index >= 15 is 0 Å². The smallest absolute Gasteiger partial charge is 0.266 e. The summed E-state index contributed by atoms with van der Waals surface area (Å²) >= 11 is 0. The van der Waals surface area contributed by atoms with E-state index in [1.807, 2.05) is 6.07 Å². The summed E-state index contributed by atoms with van der Waals surface area (Å²) in [5.74, 6) is -0.849. The number of benzene rings is 2. The summed E-state index contributed by atoms with van der Waals surface area (Å²) in [4.78, 5) is 12.3. The van der Waals surface area contributed by atoms with Crippen LogP contribution in [0.2, 0.25) is 0 Å². The van der Waals surface area contributed by atoms with Gasteiger partial charge in [-0.15, -0.1) is 0 Å². The number of nitriles is 1. The number of nitrogens with one attached hydrogen (secondary N) is 1. The first-order valence-electron chi connectivity index (χ1n) is 7.72. The van der Waals surface area contributed by atoms with E-state index in [1.54, 1.807) is 47.2 Å². The summed E-state index contributed by atoms with van der Waals surface area (Å²) < 4.78 is 14.7. The number of nitrogens with zero attached hydrogens (tertiary/aromatic N) is 2. The molecule has 0 unspecified atom stereocenters. The van der Waals surface area contributed by atoms with Gasteiger partial charge in [0.25, 0.3) is 5.91 Å². The molecule has 0 fully saturated rings. The van der Waals surface area contributed by atoms with Crippen LogP contribution in [0.5, 0.6) is 5.75 Å². The maximum absolute atomic E-state index is 12.9. The Morgan fingerprint density at radius 2 is 1.81 bits per heavy atom. The molecule has 0 bridgehead atoms. The maximum atomic E-state index is 12.9. The lowest BCUT2D eigenvalue weighted by Crippen LogP contribution is -2.13. The third-order valence-corrected chi connectivity index (χ3v) is 3.67. The van der Waals surface area contributed by atoms with E-state index in [2.05, 4.69) is 5.32 Å². The van der Waals surface area contributed by atoms with Crippen LogP contribution in [0.1, 0.15) is 5.69 Å². The molecule has 6 heteroatoms. The number of carbonyl (C=O) groups excluding carboxylic acids is 1. The second-order valence-corrected chi connectivity index (χ2v) is 5.45. The van der Waals surface area contributed by atoms with Crippen LogP contribution in [-0.4, -0.2) is 15.6 Å². The largest absolute Gasteiger partial charge is 0.508 e. The minimum absolute atomic E-state index is 0.0898. The van der Waals surface area contributed by atoms with Crippen molar-refractivity contribution in [2.45, 2.75) is 0 Å². The second-order valence-electron chi connectivity index (χ2n) is 5.45. The summed E-state index contributed by atoms with van der Waals surface area (Å²) in [6.45, 7) is 0. The molecule has 3 aromatic rings. The number of hydrogen-bond acceptors (Lipinski definition) is 3. The molecule has 2 aromatic carbocycles. The Hall–Kier alpha value is -3.85. The average molecular weight is 347 g/mol. The summed E-state index contributed by atoms with van der Waals surface area (Å²) in [5.41, 5.74) is 1.70. The van der Waals surface area contributed by atoms with Gasteiger partial charge < -0.3 is 15.0 Å². The lowest BCUT2D eigenvalue weighted by atomic mass is 10.2. The van der Waals surface area contributed by atoms with Gasteiger partial charge in [0, 0.05) is 23.3 Å². The zero-order valence-corrected chi connectivity index (χ0v) is 13.6. The Kier molecular flexibility index (Phi) is 4.81. The van der Waals surface area contributed by atoms with Gasteiger partial charge >= 0.3 is 0 Å². The molecule has 128 valence electrons. The van der Waals surface area contributed by atoms with Crippen molar-refractivity contribution in [3.8, 4) is 17.5 Å². The molecular weight excluding hydrogens is 333 g/mol. The molecule has 0 spiro atoms. The minimum Gasteiger partial charge on any atom is -0.508 e. The molecular formula is C20H14FN3O2. The van der Waals surface area contributed by atoms with Gasteiger partial charge in [-0.3, -0.25) is 4.79 Å². The molecule has 0 radical (unpaired) electrons. The van der Waals surface area contributed by atoms with Gasteiger partial charge in [0.05, 0.1) is 0 Å². The normalized spacial score (nSPS) is 11.0. The van der Waals surface area contributed by atoms with E-state index in [1.165, 1.54) is 30.3 Å². The van der Waals surface area contributed by atoms with Crippen molar-refractivity contribution in [3.63, 3.8) is 0 Å². The number of carbonyl (C=O) groups is 1. The lowest BCUT2D eigenvalue weighted by molar-refractivity contribution is -0.112. The van der Waals surface area contributed by atoms with E-state index in [0.29, 0.717) is 11.4 Å². The first kappa shape index (κ1) is 17.0. The Morgan fingerprint density at radius 3 is 2.46 bits per heavy atom. The predicted molar refractivity (Wildman–Crippen MR) is 96.1 cm³/mol. The Bertz CT molecular complexity index is 997. The first-order chi connectivity index (χ1) is 12.6. The number of phenols is 1. The minimum atomic E-state index is -0.586. The highest BCUT2D eigenvalue weighted by atomic mass is 19.1. The summed E-state index contributed by atoms with van der Waals surface area (Å²) in [6, 6.07) is 17.2. The zero-order chi connectivity index (χ0) is 18.5. The van der Waals surface area contributed by atoms with Gasteiger partial charge in [0.1, 0.15) is 23.2 Å². The van der Waals surface area contributed by atoms with Crippen LogP contribution in [-0.2, 0) is 4.79 Å². The number of aromatic nitrogens is 1. The maximum Gasteiger partial charge on any atom is 0.266 e. The SMILES string of the molecule is N#C/C(=C\c1cccn1-c1ccc(O)cc1)C(=O)Nc1ccc(F)cc1. The van der Waals surface area contributed by atoms with Crippen molar-refractivity contribution in [1.29, 1.82) is 5.26 Å². The highest BCUT2D eigenvalue weighted by Gasteiger charge is 2.11. The highest BCUT2D eigenvalue weighted by molar-refractivity contribution is 6.09. The Labute approximate surface area is 149 Å². The lowest BCUT2D eigenvalue weighted by Gasteiger charge is -2.08. The number of phenolic OH excluding ortho intramolecular Hbond substituents is 1. The Balaban J connectivity index is 1.87. The fourth-order valence-electron chi connectivity index (χ4n) is 2.39. The molecule has 5 nitrogen and oxygen atoms in total. The van der Waals surface area contributed by atoms with Gasteiger partial charge in [0.2, 0.25) is 0 Å². The number of aromatic hydroxyl groups is 1. The van der Waals surface area contributed by atoms with Crippen LogP contribution in [0.4, 0.5) is 10.1 Å². The van der Waals surface area contributed by atoms with Crippen LogP contribution in [0.25, 0.3) is 11.8 Å². The third-order valence-electron chi connectivity index (χ3n) is 3.67. The molecule has 0 aliphatic heterocycles. The molecule has 2 N–H and O–H groups in total. The van der Waals surface area contributed by atoms with Crippen molar-refractivity contribution < 1.29 is 14.3 Å². The third kappa shape index (κ3) is 3.79. The summed E-state index contributed by atoms with van der Waals surface area (Å²) in [6.07, 6.45) is 3.25. The van der Waals surface area contributed by atoms with Crippen LogP contribution in [0.3, 0.4) is 0 Å². The molecule has 0 aliphatic rings. The number of halogens is 1. The summed E-state index contributed by atoms with van der Waals surface area (Å²) in [5, 5.41) is 21.3. The van der Waals surface area contributed by atoms with Crippen LogP contribution >= 0.6 is 0 Å². The fraction of sp³-hybridized carbons (Fsp3) is 0. The standard InChI is InChI=1S/C20H14FN3O2/c21-15-3-5-16(6-4-15)23-20(26)14(13-22)12-18-2-1-11-24(18)17-7-9-19(25)10-8-17/h1-12,25H,(H,23,26)/b14-12+. The molecule has 1 amide bonds. The summed E-state index contributed by atoms with van der Waals surface area (Å²) in [7, 11) is 0. The average Bonchev–Trinajstić information content (AvgIpc) is 3.10. The first-order valence-corrected chi connectivity index (χ1v) is 7.72. The molecule has 3 rings (SSSR count). The van der Waals surface area contributed by atoms with Gasteiger partial charge in [-0.1, -0.05) is 0 Å². The van der Waals surface area contributed by atoms with Crippen molar-refractivity contribution in [2.75, 3.05) is 5.32 Å².